The minimum atomic E-state index is 0.776. The van der Waals surface area contributed by atoms with Crippen LogP contribution in [-0.4, -0.2) is 30.5 Å². The zero-order valence-electron chi connectivity index (χ0n) is 12.5. The summed E-state index contributed by atoms with van der Waals surface area (Å²) in [7, 11) is 4.06. The van der Waals surface area contributed by atoms with E-state index in [0.717, 1.165) is 43.3 Å². The lowest BCUT2D eigenvalue weighted by atomic mass is 10.2. The van der Waals surface area contributed by atoms with Gasteiger partial charge in [-0.05, 0) is 39.2 Å². The maximum Gasteiger partial charge on any atom is 0.118 e. The average molecular weight is 273 g/mol. The van der Waals surface area contributed by atoms with E-state index >= 15 is 0 Å². The van der Waals surface area contributed by atoms with Gasteiger partial charge < -0.3 is 14.6 Å². The van der Waals surface area contributed by atoms with Gasteiger partial charge in [-0.25, -0.2) is 0 Å². The number of rotatable bonds is 7. The van der Waals surface area contributed by atoms with E-state index in [1.165, 1.54) is 5.56 Å². The zero-order valence-corrected chi connectivity index (χ0v) is 12.5. The van der Waals surface area contributed by atoms with E-state index in [4.69, 9.17) is 4.42 Å². The van der Waals surface area contributed by atoms with Gasteiger partial charge in [0.15, 0.2) is 0 Å². The van der Waals surface area contributed by atoms with Crippen molar-refractivity contribution >= 4 is 0 Å². The highest BCUT2D eigenvalue weighted by atomic mass is 16.3. The summed E-state index contributed by atoms with van der Waals surface area (Å²) in [6, 6.07) is 8.20. The lowest BCUT2D eigenvalue weighted by molar-refractivity contribution is 0.327. The topological polar surface area (TPSA) is 41.3 Å². The number of aromatic nitrogens is 1. The van der Waals surface area contributed by atoms with Crippen LogP contribution in [0.3, 0.4) is 0 Å². The Labute approximate surface area is 120 Å². The summed E-state index contributed by atoms with van der Waals surface area (Å²) in [6.07, 6.45) is 2.82. The van der Waals surface area contributed by atoms with E-state index in [9.17, 15) is 0 Å². The number of nitrogens with zero attached hydrogens (tertiary/aromatic N) is 2. The maximum atomic E-state index is 5.72. The monoisotopic (exact) mass is 273 g/mol. The average Bonchev–Trinajstić information content (AvgIpc) is 2.78. The second kappa shape index (κ2) is 7.22. The molecule has 0 unspecified atom stereocenters. The van der Waals surface area contributed by atoms with Gasteiger partial charge in [-0.3, -0.25) is 4.98 Å². The van der Waals surface area contributed by atoms with Crippen molar-refractivity contribution in [3.05, 3.63) is 53.2 Å². The smallest absolute Gasteiger partial charge is 0.118 e. The molecule has 20 heavy (non-hydrogen) atoms. The number of furan rings is 1. The van der Waals surface area contributed by atoms with Crippen LogP contribution >= 0.6 is 0 Å². The molecule has 0 spiro atoms. The normalized spacial score (nSPS) is 11.2. The molecular weight excluding hydrogens is 250 g/mol. The summed E-state index contributed by atoms with van der Waals surface area (Å²) in [5.74, 6) is 2.01. The first-order valence-electron chi connectivity index (χ1n) is 7.00. The van der Waals surface area contributed by atoms with Gasteiger partial charge in [0.05, 0.1) is 6.54 Å². The van der Waals surface area contributed by atoms with Crippen molar-refractivity contribution in [3.8, 4) is 0 Å². The van der Waals surface area contributed by atoms with Crippen LogP contribution in [0.25, 0.3) is 0 Å². The van der Waals surface area contributed by atoms with E-state index < -0.39 is 0 Å². The molecule has 0 bridgehead atoms. The number of aryl methyl sites for hydroxylation is 1. The van der Waals surface area contributed by atoms with Crippen LogP contribution < -0.4 is 5.32 Å². The summed E-state index contributed by atoms with van der Waals surface area (Å²) in [4.78, 5) is 6.65. The molecular formula is C16H23N3O. The van der Waals surface area contributed by atoms with E-state index in [1.807, 2.05) is 32.3 Å². The van der Waals surface area contributed by atoms with Crippen LogP contribution in [0.4, 0.5) is 0 Å². The molecule has 0 aliphatic rings. The highest BCUT2D eigenvalue weighted by Gasteiger charge is 2.09. The molecule has 4 nitrogen and oxygen atoms in total. The van der Waals surface area contributed by atoms with Crippen LogP contribution in [-0.2, 0) is 19.5 Å². The molecule has 0 atom stereocenters. The molecule has 0 amide bonds. The van der Waals surface area contributed by atoms with Gasteiger partial charge in [0.1, 0.15) is 11.5 Å². The summed E-state index contributed by atoms with van der Waals surface area (Å²) >= 11 is 0. The molecule has 0 saturated heterocycles. The first-order valence-corrected chi connectivity index (χ1v) is 7.00. The molecule has 0 aliphatic carbocycles. The maximum absolute atomic E-state index is 5.72. The number of pyridine rings is 1. The van der Waals surface area contributed by atoms with Gasteiger partial charge in [-0.2, -0.15) is 0 Å². The molecule has 2 aromatic heterocycles. The lowest BCUT2D eigenvalue weighted by Crippen LogP contribution is -2.21. The first kappa shape index (κ1) is 14.8. The molecule has 0 saturated carbocycles. The van der Waals surface area contributed by atoms with Gasteiger partial charge in [-0.15, -0.1) is 0 Å². The summed E-state index contributed by atoms with van der Waals surface area (Å²) < 4.78 is 5.72. The largest absolute Gasteiger partial charge is 0.465 e. The predicted octanol–water partition coefficient (Wildman–Crippen LogP) is 2.38. The van der Waals surface area contributed by atoms with Gasteiger partial charge >= 0.3 is 0 Å². The van der Waals surface area contributed by atoms with Gasteiger partial charge in [-0.1, -0.05) is 6.07 Å². The number of hydrogen-bond donors (Lipinski definition) is 1. The molecule has 2 aromatic rings. The van der Waals surface area contributed by atoms with Crippen molar-refractivity contribution in [1.82, 2.24) is 15.2 Å². The highest BCUT2D eigenvalue weighted by molar-refractivity contribution is 5.20. The van der Waals surface area contributed by atoms with E-state index in [-0.39, 0.29) is 0 Å². The van der Waals surface area contributed by atoms with Crippen LogP contribution in [0.2, 0.25) is 0 Å². The number of hydrogen-bond acceptors (Lipinski definition) is 4. The van der Waals surface area contributed by atoms with Crippen LogP contribution in [0, 0.1) is 6.92 Å². The van der Waals surface area contributed by atoms with Crippen molar-refractivity contribution in [3.63, 3.8) is 0 Å². The molecule has 0 aliphatic heterocycles. The zero-order chi connectivity index (χ0) is 14.4. The second-order valence-electron chi connectivity index (χ2n) is 5.13. The van der Waals surface area contributed by atoms with E-state index in [1.54, 1.807) is 0 Å². The minimum Gasteiger partial charge on any atom is -0.465 e. The van der Waals surface area contributed by atoms with Crippen molar-refractivity contribution in [2.75, 3.05) is 20.6 Å². The standard InChI is InChI=1S/C16H23N3O/c1-13-14(10-16(20-13)11-17-2)12-19(3)9-7-15-6-4-5-8-18-15/h4-6,8,10,17H,7,9,11-12H2,1-3H3. The Balaban J connectivity index is 1.86. The molecule has 2 heterocycles. The Morgan fingerprint density at radius 1 is 1.35 bits per heavy atom. The fraction of sp³-hybridized carbons (Fsp3) is 0.438. The molecule has 4 heteroatoms. The van der Waals surface area contributed by atoms with Crippen molar-refractivity contribution in [2.45, 2.75) is 26.4 Å². The Bertz CT molecular complexity index is 522. The summed E-state index contributed by atoms with van der Waals surface area (Å²) in [5, 5.41) is 3.11. The SMILES string of the molecule is CNCc1cc(CN(C)CCc2ccccn2)c(C)o1. The van der Waals surface area contributed by atoms with Crippen molar-refractivity contribution in [1.29, 1.82) is 0 Å². The van der Waals surface area contributed by atoms with Crippen LogP contribution in [0.1, 0.15) is 22.8 Å². The molecule has 108 valence electrons. The number of likely N-dealkylation sites (N-methyl/N-ethyl adjacent to an activating group) is 1. The minimum absolute atomic E-state index is 0.776. The molecule has 1 N–H and O–H groups in total. The van der Waals surface area contributed by atoms with E-state index in [2.05, 4.69) is 34.4 Å². The fourth-order valence-electron chi connectivity index (χ4n) is 2.23. The van der Waals surface area contributed by atoms with Gasteiger partial charge in [0.2, 0.25) is 0 Å². The summed E-state index contributed by atoms with van der Waals surface area (Å²) in [6.45, 7) is 4.70. The molecule has 2 rings (SSSR count). The fourth-order valence-corrected chi connectivity index (χ4v) is 2.23. The Morgan fingerprint density at radius 3 is 2.90 bits per heavy atom. The second-order valence-corrected chi connectivity index (χ2v) is 5.13. The van der Waals surface area contributed by atoms with Crippen molar-refractivity contribution < 1.29 is 4.42 Å². The third-order valence-electron chi connectivity index (χ3n) is 3.34. The van der Waals surface area contributed by atoms with Gasteiger partial charge in [0, 0.05) is 37.0 Å². The van der Waals surface area contributed by atoms with E-state index in [0.29, 0.717) is 0 Å². The van der Waals surface area contributed by atoms with Gasteiger partial charge in [0.25, 0.3) is 0 Å². The molecule has 0 aromatic carbocycles. The molecule has 0 fully saturated rings. The predicted molar refractivity (Wildman–Crippen MR) is 80.5 cm³/mol. The third-order valence-corrected chi connectivity index (χ3v) is 3.34. The van der Waals surface area contributed by atoms with Crippen LogP contribution in [0.15, 0.2) is 34.9 Å². The van der Waals surface area contributed by atoms with Crippen molar-refractivity contribution in [2.24, 2.45) is 0 Å². The molecule has 0 radical (unpaired) electrons. The van der Waals surface area contributed by atoms with Crippen LogP contribution in [0.5, 0.6) is 0 Å². The number of nitrogens with one attached hydrogen (secondary N) is 1. The lowest BCUT2D eigenvalue weighted by Gasteiger charge is -2.15. The Kier molecular flexibility index (Phi) is 5.32. The highest BCUT2D eigenvalue weighted by Crippen LogP contribution is 2.16. The first-order chi connectivity index (χ1) is 9.69. The summed E-state index contributed by atoms with van der Waals surface area (Å²) in [5.41, 5.74) is 2.40. The quantitative estimate of drug-likeness (QED) is 0.841. The Hall–Kier alpha value is -1.65. The Morgan fingerprint density at radius 2 is 2.20 bits per heavy atom. The third kappa shape index (κ3) is 4.18.